The van der Waals surface area contributed by atoms with Crippen LogP contribution in [-0.2, 0) is 4.74 Å². The lowest BCUT2D eigenvalue weighted by Crippen LogP contribution is -2.26. The molecule has 1 saturated carbocycles. The molecule has 0 atom stereocenters. The van der Waals surface area contributed by atoms with Crippen molar-refractivity contribution in [2.75, 3.05) is 26.9 Å². The molecular formula is C23H27N5O3. The van der Waals surface area contributed by atoms with E-state index in [2.05, 4.69) is 15.4 Å². The molecule has 162 valence electrons. The molecule has 0 unspecified atom stereocenters. The van der Waals surface area contributed by atoms with Crippen LogP contribution in [-0.4, -0.2) is 52.5 Å². The third-order valence-electron chi connectivity index (χ3n) is 5.17. The van der Waals surface area contributed by atoms with Crippen LogP contribution >= 0.6 is 0 Å². The minimum absolute atomic E-state index is 0.117. The molecule has 31 heavy (non-hydrogen) atoms. The number of hydrogen-bond donors (Lipinski definition) is 1. The third-order valence-corrected chi connectivity index (χ3v) is 5.17. The second kappa shape index (κ2) is 9.70. The zero-order valence-electron chi connectivity index (χ0n) is 17.9. The normalized spacial score (nSPS) is 13.2. The summed E-state index contributed by atoms with van der Waals surface area (Å²) in [5.41, 5.74) is 3.16. The Balaban J connectivity index is 1.58. The first-order valence-electron chi connectivity index (χ1n) is 10.6. The molecular weight excluding hydrogens is 394 g/mol. The van der Waals surface area contributed by atoms with Crippen LogP contribution in [0.2, 0.25) is 0 Å². The van der Waals surface area contributed by atoms with Gasteiger partial charge in [0.1, 0.15) is 5.75 Å². The summed E-state index contributed by atoms with van der Waals surface area (Å²) >= 11 is 0. The Morgan fingerprint density at radius 2 is 2.16 bits per heavy atom. The number of ether oxygens (including phenoxy) is 2. The lowest BCUT2D eigenvalue weighted by molar-refractivity contribution is 0.0943. The number of nitrogens with one attached hydrogen (secondary N) is 1. The maximum Gasteiger partial charge on any atom is 0.254 e. The van der Waals surface area contributed by atoms with E-state index in [4.69, 9.17) is 14.5 Å². The fourth-order valence-corrected chi connectivity index (χ4v) is 3.45. The molecule has 0 aliphatic heterocycles. The van der Waals surface area contributed by atoms with Gasteiger partial charge in [-0.1, -0.05) is 12.1 Å². The van der Waals surface area contributed by atoms with Crippen LogP contribution in [0.25, 0.3) is 17.2 Å². The zero-order valence-corrected chi connectivity index (χ0v) is 17.9. The first-order chi connectivity index (χ1) is 15.2. The lowest BCUT2D eigenvalue weighted by Gasteiger charge is -2.10. The first-order valence-corrected chi connectivity index (χ1v) is 10.6. The second-order valence-corrected chi connectivity index (χ2v) is 7.41. The van der Waals surface area contributed by atoms with Gasteiger partial charge >= 0.3 is 0 Å². The topological polar surface area (TPSA) is 91.2 Å². The SMILES string of the molecule is CCOCCCNC(=O)c1cnn(-c2nccc(-c3cccc(OC)c3)n2)c1C1CC1. The molecule has 2 aromatic heterocycles. The first kappa shape index (κ1) is 21.0. The minimum Gasteiger partial charge on any atom is -0.497 e. The third kappa shape index (κ3) is 4.91. The number of carbonyl (C=O) groups is 1. The van der Waals surface area contributed by atoms with Gasteiger partial charge in [0.2, 0.25) is 0 Å². The van der Waals surface area contributed by atoms with Gasteiger partial charge in [-0.2, -0.15) is 5.10 Å². The largest absolute Gasteiger partial charge is 0.497 e. The Morgan fingerprint density at radius 3 is 2.94 bits per heavy atom. The fraction of sp³-hybridized carbons (Fsp3) is 0.391. The van der Waals surface area contributed by atoms with Gasteiger partial charge in [-0.05, 0) is 44.4 Å². The molecule has 1 aliphatic rings. The quantitative estimate of drug-likeness (QED) is 0.505. The summed E-state index contributed by atoms with van der Waals surface area (Å²) in [6.45, 7) is 3.84. The van der Waals surface area contributed by atoms with Crippen LogP contribution in [0.3, 0.4) is 0 Å². The molecule has 0 saturated heterocycles. The molecule has 1 aromatic carbocycles. The molecule has 0 spiro atoms. The Morgan fingerprint density at radius 1 is 1.29 bits per heavy atom. The molecule has 1 N–H and O–H groups in total. The number of rotatable bonds is 10. The summed E-state index contributed by atoms with van der Waals surface area (Å²) in [7, 11) is 1.64. The zero-order chi connectivity index (χ0) is 21.6. The van der Waals surface area contributed by atoms with E-state index in [1.807, 2.05) is 37.3 Å². The monoisotopic (exact) mass is 421 g/mol. The van der Waals surface area contributed by atoms with E-state index in [-0.39, 0.29) is 5.91 Å². The summed E-state index contributed by atoms with van der Waals surface area (Å²) in [6.07, 6.45) is 6.17. The second-order valence-electron chi connectivity index (χ2n) is 7.41. The lowest BCUT2D eigenvalue weighted by atomic mass is 10.1. The maximum atomic E-state index is 12.8. The standard InChI is InChI=1S/C23H27N5O3/c1-3-31-13-5-11-24-22(29)19-15-26-28(21(19)16-8-9-16)23-25-12-10-20(27-23)17-6-4-7-18(14-17)30-2/h4,6-7,10,12,14-16H,3,5,8-9,11,13H2,1-2H3,(H,24,29). The molecule has 1 amide bonds. The number of methoxy groups -OCH3 is 1. The molecule has 1 fully saturated rings. The van der Waals surface area contributed by atoms with Gasteiger partial charge in [-0.25, -0.2) is 14.6 Å². The van der Waals surface area contributed by atoms with Crippen molar-refractivity contribution in [2.24, 2.45) is 0 Å². The van der Waals surface area contributed by atoms with Crippen molar-refractivity contribution in [3.63, 3.8) is 0 Å². The van der Waals surface area contributed by atoms with Crippen LogP contribution in [0.5, 0.6) is 5.75 Å². The van der Waals surface area contributed by atoms with Crippen molar-refractivity contribution in [3.05, 3.63) is 54.0 Å². The summed E-state index contributed by atoms with van der Waals surface area (Å²) in [5, 5.41) is 7.44. The minimum atomic E-state index is -0.117. The van der Waals surface area contributed by atoms with Gasteiger partial charge in [0.15, 0.2) is 0 Å². The van der Waals surface area contributed by atoms with E-state index >= 15 is 0 Å². The van der Waals surface area contributed by atoms with Crippen LogP contribution in [0.4, 0.5) is 0 Å². The summed E-state index contributed by atoms with van der Waals surface area (Å²) in [4.78, 5) is 21.9. The Labute approximate surface area is 181 Å². The van der Waals surface area contributed by atoms with Gasteiger partial charge in [-0.15, -0.1) is 0 Å². The molecule has 4 rings (SSSR count). The number of benzene rings is 1. The Hall–Kier alpha value is -3.26. The van der Waals surface area contributed by atoms with Crippen molar-refractivity contribution in [3.8, 4) is 23.0 Å². The highest BCUT2D eigenvalue weighted by atomic mass is 16.5. The molecule has 0 bridgehead atoms. The number of aromatic nitrogens is 4. The predicted octanol–water partition coefficient (Wildman–Crippen LogP) is 3.37. The van der Waals surface area contributed by atoms with E-state index < -0.39 is 0 Å². The smallest absolute Gasteiger partial charge is 0.254 e. The molecule has 8 heteroatoms. The summed E-state index contributed by atoms with van der Waals surface area (Å²) in [5.74, 6) is 1.40. The van der Waals surface area contributed by atoms with Crippen molar-refractivity contribution in [2.45, 2.75) is 32.1 Å². The van der Waals surface area contributed by atoms with E-state index in [9.17, 15) is 4.79 Å². The average molecular weight is 422 g/mol. The van der Waals surface area contributed by atoms with Crippen molar-refractivity contribution in [1.29, 1.82) is 0 Å². The molecule has 3 aromatic rings. The Bertz CT molecular complexity index is 1050. The van der Waals surface area contributed by atoms with Gasteiger partial charge in [0.25, 0.3) is 11.9 Å². The van der Waals surface area contributed by atoms with Crippen molar-refractivity contribution < 1.29 is 14.3 Å². The Kier molecular flexibility index (Phi) is 6.57. The van der Waals surface area contributed by atoms with Gasteiger partial charge in [0.05, 0.1) is 30.3 Å². The van der Waals surface area contributed by atoms with E-state index in [0.29, 0.717) is 37.2 Å². The number of amides is 1. The maximum absolute atomic E-state index is 12.8. The predicted molar refractivity (Wildman–Crippen MR) is 117 cm³/mol. The number of carbonyl (C=O) groups excluding carboxylic acids is 1. The highest BCUT2D eigenvalue weighted by Gasteiger charge is 2.33. The molecule has 2 heterocycles. The van der Waals surface area contributed by atoms with Gasteiger partial charge < -0.3 is 14.8 Å². The number of nitrogens with zero attached hydrogens (tertiary/aromatic N) is 4. The van der Waals surface area contributed by atoms with Crippen molar-refractivity contribution in [1.82, 2.24) is 25.1 Å². The van der Waals surface area contributed by atoms with Crippen molar-refractivity contribution >= 4 is 5.91 Å². The summed E-state index contributed by atoms with van der Waals surface area (Å²) in [6, 6.07) is 9.57. The van der Waals surface area contributed by atoms with E-state index in [1.54, 1.807) is 24.2 Å². The molecule has 8 nitrogen and oxygen atoms in total. The summed E-state index contributed by atoms with van der Waals surface area (Å²) < 4.78 is 12.4. The highest BCUT2D eigenvalue weighted by molar-refractivity contribution is 5.95. The van der Waals surface area contributed by atoms with Crippen LogP contribution in [0.15, 0.2) is 42.7 Å². The highest BCUT2D eigenvalue weighted by Crippen LogP contribution is 2.42. The van der Waals surface area contributed by atoms with Crippen LogP contribution < -0.4 is 10.1 Å². The number of hydrogen-bond acceptors (Lipinski definition) is 6. The molecule has 0 radical (unpaired) electrons. The molecule has 1 aliphatic carbocycles. The fourth-order valence-electron chi connectivity index (χ4n) is 3.45. The van der Waals surface area contributed by atoms with Gasteiger partial charge in [-0.3, -0.25) is 4.79 Å². The van der Waals surface area contributed by atoms with Crippen LogP contribution in [0, 0.1) is 0 Å². The average Bonchev–Trinajstić information content (AvgIpc) is 3.56. The van der Waals surface area contributed by atoms with E-state index in [0.717, 1.165) is 42.0 Å². The van der Waals surface area contributed by atoms with Gasteiger partial charge in [0, 0.05) is 37.4 Å². The van der Waals surface area contributed by atoms with E-state index in [1.165, 1.54) is 0 Å². The van der Waals surface area contributed by atoms with Crippen LogP contribution in [0.1, 0.15) is 48.2 Å².